The van der Waals surface area contributed by atoms with Gasteiger partial charge in [0, 0.05) is 29.1 Å². The zero-order chi connectivity index (χ0) is 23.7. The summed E-state index contributed by atoms with van der Waals surface area (Å²) >= 11 is 1.54. The largest absolute Gasteiger partial charge is 0.464 e. The van der Waals surface area contributed by atoms with E-state index in [1.54, 1.807) is 37.6 Å². The average Bonchev–Trinajstić information content (AvgIpc) is 3.29. The van der Waals surface area contributed by atoms with Crippen molar-refractivity contribution in [3.05, 3.63) is 65.1 Å². The van der Waals surface area contributed by atoms with Gasteiger partial charge in [0.15, 0.2) is 0 Å². The van der Waals surface area contributed by atoms with E-state index in [0.717, 1.165) is 22.4 Å². The maximum absolute atomic E-state index is 13.0. The summed E-state index contributed by atoms with van der Waals surface area (Å²) in [6.45, 7) is 11.9. The Bertz CT molecular complexity index is 923. The SMILES string of the molecule is C=C.CCC(C)(C)C(=O)C(=O)N1Cc2sccc2CC1C(=O)OCCCc1cccnc1. The van der Waals surface area contributed by atoms with Crippen LogP contribution in [0.25, 0.3) is 0 Å². The molecule has 0 bridgehead atoms. The van der Waals surface area contributed by atoms with E-state index in [0.29, 0.717) is 19.3 Å². The van der Waals surface area contributed by atoms with Gasteiger partial charge in [-0.3, -0.25) is 14.6 Å². The van der Waals surface area contributed by atoms with Crippen molar-refractivity contribution >= 4 is 29.0 Å². The van der Waals surface area contributed by atoms with Gasteiger partial charge in [-0.25, -0.2) is 4.79 Å². The third-order valence-corrected chi connectivity index (χ3v) is 6.69. The Hall–Kier alpha value is -2.80. The highest BCUT2D eigenvalue weighted by atomic mass is 32.1. The van der Waals surface area contributed by atoms with Gasteiger partial charge in [0.2, 0.25) is 5.78 Å². The van der Waals surface area contributed by atoms with E-state index in [9.17, 15) is 14.4 Å². The quantitative estimate of drug-likeness (QED) is 0.255. The van der Waals surface area contributed by atoms with Gasteiger partial charge in [-0.15, -0.1) is 24.5 Å². The van der Waals surface area contributed by atoms with Gasteiger partial charge in [-0.05, 0) is 47.9 Å². The Morgan fingerprint density at radius 1 is 1.28 bits per heavy atom. The third kappa shape index (κ3) is 6.13. The number of esters is 1. The molecule has 32 heavy (non-hydrogen) atoms. The molecule has 1 unspecified atom stereocenters. The monoisotopic (exact) mass is 456 g/mol. The Morgan fingerprint density at radius 3 is 2.69 bits per heavy atom. The minimum Gasteiger partial charge on any atom is -0.464 e. The minimum absolute atomic E-state index is 0.261. The first-order valence-corrected chi connectivity index (χ1v) is 11.7. The molecule has 0 aliphatic carbocycles. The zero-order valence-corrected chi connectivity index (χ0v) is 20.0. The molecule has 0 aromatic carbocycles. The number of carbonyl (C=O) groups excluding carboxylic acids is 3. The fourth-order valence-electron chi connectivity index (χ4n) is 3.37. The predicted molar refractivity (Wildman–Crippen MR) is 126 cm³/mol. The van der Waals surface area contributed by atoms with Crippen LogP contribution in [0.1, 0.15) is 49.6 Å². The van der Waals surface area contributed by atoms with Crippen LogP contribution in [0.3, 0.4) is 0 Å². The third-order valence-electron chi connectivity index (χ3n) is 5.74. The second-order valence-electron chi connectivity index (χ2n) is 8.22. The molecule has 3 rings (SSSR count). The number of aromatic nitrogens is 1. The summed E-state index contributed by atoms with van der Waals surface area (Å²) in [5, 5.41) is 1.95. The minimum atomic E-state index is -0.769. The number of aryl methyl sites for hydroxylation is 1. The highest BCUT2D eigenvalue weighted by Crippen LogP contribution is 2.30. The van der Waals surface area contributed by atoms with Gasteiger partial charge in [0.05, 0.1) is 13.2 Å². The second kappa shape index (κ2) is 11.7. The van der Waals surface area contributed by atoms with Crippen LogP contribution in [-0.4, -0.2) is 40.2 Å². The molecule has 6 nitrogen and oxygen atoms in total. The molecule has 172 valence electrons. The lowest BCUT2D eigenvalue weighted by atomic mass is 9.84. The number of ether oxygens (including phenoxy) is 1. The van der Waals surface area contributed by atoms with Crippen LogP contribution >= 0.6 is 11.3 Å². The highest BCUT2D eigenvalue weighted by molar-refractivity contribution is 7.10. The number of fused-ring (bicyclic) bond motifs is 1. The fraction of sp³-hybridized carbons (Fsp3) is 0.440. The number of amides is 1. The van der Waals surface area contributed by atoms with Crippen molar-refractivity contribution in [3.8, 4) is 0 Å². The Kier molecular flexibility index (Phi) is 9.32. The zero-order valence-electron chi connectivity index (χ0n) is 19.1. The van der Waals surface area contributed by atoms with Gasteiger partial charge in [0.1, 0.15) is 6.04 Å². The van der Waals surface area contributed by atoms with Crippen molar-refractivity contribution in [2.75, 3.05) is 6.61 Å². The summed E-state index contributed by atoms with van der Waals surface area (Å²) in [5.41, 5.74) is 1.37. The summed E-state index contributed by atoms with van der Waals surface area (Å²) in [7, 11) is 0. The molecule has 2 aromatic rings. The Labute approximate surface area is 194 Å². The van der Waals surface area contributed by atoms with Crippen LogP contribution in [-0.2, 0) is 38.5 Å². The number of hydrogen-bond donors (Lipinski definition) is 0. The average molecular weight is 457 g/mol. The number of nitrogens with zero attached hydrogens (tertiary/aromatic N) is 2. The van der Waals surface area contributed by atoms with Crippen LogP contribution < -0.4 is 0 Å². The van der Waals surface area contributed by atoms with Gasteiger partial charge >= 0.3 is 5.97 Å². The summed E-state index contributed by atoms with van der Waals surface area (Å²) in [5.74, 6) is -1.51. The highest BCUT2D eigenvalue weighted by Gasteiger charge is 2.42. The van der Waals surface area contributed by atoms with E-state index >= 15 is 0 Å². The predicted octanol–water partition coefficient (Wildman–Crippen LogP) is 4.38. The molecule has 0 N–H and O–H groups in total. The van der Waals surface area contributed by atoms with Crippen molar-refractivity contribution in [1.82, 2.24) is 9.88 Å². The van der Waals surface area contributed by atoms with E-state index in [1.807, 2.05) is 30.5 Å². The molecule has 0 saturated carbocycles. The standard InChI is InChI=1S/C23H28N2O4S.C2H4/c1-4-23(2,3)20(26)21(27)25-15-19-17(9-12-30-19)13-18(25)22(28)29-11-6-8-16-7-5-10-24-14-16;1-2/h5,7,9-10,12,14,18H,4,6,8,11,13,15H2,1-3H3;1-2H2. The smallest absolute Gasteiger partial charge is 0.329 e. The van der Waals surface area contributed by atoms with Crippen LogP contribution in [0, 0.1) is 5.41 Å². The number of hydrogen-bond acceptors (Lipinski definition) is 6. The Balaban J connectivity index is 0.00000176. The first kappa shape index (κ1) is 25.5. The molecule has 1 aliphatic rings. The summed E-state index contributed by atoms with van der Waals surface area (Å²) in [6.07, 6.45) is 5.88. The molecular weight excluding hydrogens is 424 g/mol. The summed E-state index contributed by atoms with van der Waals surface area (Å²) in [6, 6.07) is 5.06. The molecule has 1 amide bonds. The normalized spacial score (nSPS) is 15.2. The lowest BCUT2D eigenvalue weighted by Gasteiger charge is -2.35. The van der Waals surface area contributed by atoms with E-state index in [-0.39, 0.29) is 13.2 Å². The molecule has 0 fully saturated rings. The van der Waals surface area contributed by atoms with E-state index in [4.69, 9.17) is 4.74 Å². The summed E-state index contributed by atoms with van der Waals surface area (Å²) < 4.78 is 5.51. The number of pyridine rings is 1. The van der Waals surface area contributed by atoms with Crippen molar-refractivity contribution < 1.29 is 19.1 Å². The molecule has 0 saturated heterocycles. The molecule has 0 spiro atoms. The van der Waals surface area contributed by atoms with Crippen molar-refractivity contribution in [2.45, 2.75) is 59.0 Å². The molecule has 2 aromatic heterocycles. The van der Waals surface area contributed by atoms with Gasteiger partial charge in [-0.1, -0.05) is 26.8 Å². The number of carbonyl (C=O) groups is 3. The molecule has 0 radical (unpaired) electrons. The van der Waals surface area contributed by atoms with Gasteiger partial charge < -0.3 is 9.64 Å². The topological polar surface area (TPSA) is 76.6 Å². The van der Waals surface area contributed by atoms with Crippen LogP contribution in [0.15, 0.2) is 49.1 Å². The molecular formula is C25H32N2O4S. The van der Waals surface area contributed by atoms with E-state index in [2.05, 4.69) is 18.1 Å². The van der Waals surface area contributed by atoms with Crippen LogP contribution in [0.4, 0.5) is 0 Å². The van der Waals surface area contributed by atoms with Crippen LogP contribution in [0.5, 0.6) is 0 Å². The van der Waals surface area contributed by atoms with Gasteiger partial charge in [-0.2, -0.15) is 0 Å². The first-order valence-electron chi connectivity index (χ1n) is 10.8. The first-order chi connectivity index (χ1) is 15.3. The molecule has 7 heteroatoms. The van der Waals surface area contributed by atoms with Crippen LogP contribution in [0.2, 0.25) is 0 Å². The molecule has 1 aliphatic heterocycles. The fourth-order valence-corrected chi connectivity index (χ4v) is 4.28. The lowest BCUT2D eigenvalue weighted by molar-refractivity contribution is -0.160. The molecule has 1 atom stereocenters. The second-order valence-corrected chi connectivity index (χ2v) is 9.22. The maximum atomic E-state index is 13.0. The van der Waals surface area contributed by atoms with Crippen molar-refractivity contribution in [1.29, 1.82) is 0 Å². The van der Waals surface area contributed by atoms with E-state index in [1.165, 1.54) is 4.90 Å². The number of rotatable bonds is 8. The van der Waals surface area contributed by atoms with Gasteiger partial charge in [0.25, 0.3) is 5.91 Å². The number of ketones is 1. The number of Topliss-reactive ketones (excluding diaryl/α,β-unsaturated/α-hetero) is 1. The van der Waals surface area contributed by atoms with Crippen molar-refractivity contribution in [3.63, 3.8) is 0 Å². The maximum Gasteiger partial charge on any atom is 0.329 e. The lowest BCUT2D eigenvalue weighted by Crippen LogP contribution is -2.53. The summed E-state index contributed by atoms with van der Waals surface area (Å²) in [4.78, 5) is 45.2. The van der Waals surface area contributed by atoms with Crippen molar-refractivity contribution in [2.24, 2.45) is 5.41 Å². The Morgan fingerprint density at radius 2 is 2.03 bits per heavy atom. The van der Waals surface area contributed by atoms with E-state index < -0.39 is 29.1 Å². The number of thiophene rings is 1. The molecule has 3 heterocycles.